The Bertz CT molecular complexity index is 1080. The van der Waals surface area contributed by atoms with Crippen molar-refractivity contribution in [3.63, 3.8) is 0 Å². The molecule has 1 aromatic carbocycles. The minimum absolute atomic E-state index is 0.00593. The smallest absolute Gasteiger partial charge is 0.338 e. The molecule has 4 atom stereocenters. The van der Waals surface area contributed by atoms with Crippen molar-refractivity contribution in [3.05, 3.63) is 29.8 Å². The van der Waals surface area contributed by atoms with Crippen LogP contribution in [-0.4, -0.2) is 55.2 Å². The monoisotopic (exact) mass is 557 g/mol. The fourth-order valence-corrected chi connectivity index (χ4v) is 8.27. The van der Waals surface area contributed by atoms with Gasteiger partial charge in [0.1, 0.15) is 0 Å². The summed E-state index contributed by atoms with van der Waals surface area (Å²) in [5.41, 5.74) is 5.48. The number of nitrogens with zero attached hydrogens (tertiary/aromatic N) is 2. The molecule has 38 heavy (non-hydrogen) atoms. The molecule has 0 aromatic heterocycles. The van der Waals surface area contributed by atoms with Crippen LogP contribution in [0.5, 0.6) is 0 Å². The number of carbonyl (C=O) groups excluding carboxylic acids is 1. The van der Waals surface area contributed by atoms with E-state index < -0.39 is 27.8 Å². The van der Waals surface area contributed by atoms with Gasteiger partial charge in [0.25, 0.3) is 0 Å². The number of alkyl halides is 3. The van der Waals surface area contributed by atoms with E-state index in [4.69, 9.17) is 5.73 Å². The molecule has 0 spiro atoms. The first-order valence-electron chi connectivity index (χ1n) is 13.9. The Morgan fingerprint density at radius 1 is 1.03 bits per heavy atom. The van der Waals surface area contributed by atoms with Gasteiger partial charge in [-0.15, -0.1) is 0 Å². The van der Waals surface area contributed by atoms with E-state index in [1.165, 1.54) is 10.7 Å². The molecule has 1 saturated heterocycles. The van der Waals surface area contributed by atoms with Crippen molar-refractivity contribution < 1.29 is 26.4 Å². The van der Waals surface area contributed by atoms with Crippen molar-refractivity contribution in [2.45, 2.75) is 95.3 Å². The predicted molar refractivity (Wildman–Crippen MR) is 141 cm³/mol. The third kappa shape index (κ3) is 6.55. The number of hydrogen-bond acceptors (Lipinski definition) is 4. The topological polar surface area (TPSA) is 83.7 Å². The summed E-state index contributed by atoms with van der Waals surface area (Å²) in [5.74, 6) is 0.500. The SMILES string of the molecule is CC(C)(C)C[C@H](N)C(=O)N(CC1CCCCC1)[C@H]1CC[C@@H]2CN(S(=O)(=O)c3ccc(C(F)(F)F)cc3)C[C@@H]21. The Morgan fingerprint density at radius 3 is 2.24 bits per heavy atom. The Balaban J connectivity index is 1.53. The lowest BCUT2D eigenvalue weighted by atomic mass is 9.85. The molecule has 0 bridgehead atoms. The van der Waals surface area contributed by atoms with Crippen LogP contribution >= 0.6 is 0 Å². The summed E-state index contributed by atoms with van der Waals surface area (Å²) in [6.45, 7) is 7.45. The number of sulfonamides is 1. The molecule has 10 heteroatoms. The number of halogens is 3. The van der Waals surface area contributed by atoms with E-state index in [-0.39, 0.29) is 40.6 Å². The third-order valence-electron chi connectivity index (χ3n) is 8.62. The molecular weight excluding hydrogens is 515 g/mol. The lowest BCUT2D eigenvalue weighted by molar-refractivity contribution is -0.138. The van der Waals surface area contributed by atoms with Crippen molar-refractivity contribution in [1.29, 1.82) is 0 Å². The standard InChI is InChI=1S/C28H42F3N3O3S/c1-27(2,3)15-24(32)26(35)34(16-19-7-5-4-6-8-19)25-14-9-20-17-33(18-23(20)25)38(36,37)22-12-10-21(11-13-22)28(29,30)31/h10-13,19-20,23-25H,4-9,14-18,32H2,1-3H3/t20-,23+,24+,25+/m1/s1. The highest BCUT2D eigenvalue weighted by Gasteiger charge is 2.49. The molecule has 6 nitrogen and oxygen atoms in total. The molecule has 2 aliphatic carbocycles. The van der Waals surface area contributed by atoms with E-state index in [1.54, 1.807) is 0 Å². The fourth-order valence-electron chi connectivity index (χ4n) is 6.74. The van der Waals surface area contributed by atoms with Crippen LogP contribution in [0.25, 0.3) is 0 Å². The second-order valence-corrected chi connectivity index (χ2v) is 14.7. The molecule has 2 saturated carbocycles. The first-order valence-corrected chi connectivity index (χ1v) is 15.3. The summed E-state index contributed by atoms with van der Waals surface area (Å²) in [5, 5.41) is 0. The molecule has 0 radical (unpaired) electrons. The van der Waals surface area contributed by atoms with E-state index in [0.717, 1.165) is 62.8 Å². The zero-order chi connectivity index (χ0) is 27.9. The molecule has 1 amide bonds. The van der Waals surface area contributed by atoms with Gasteiger partial charge < -0.3 is 10.6 Å². The van der Waals surface area contributed by atoms with Crippen molar-refractivity contribution in [3.8, 4) is 0 Å². The van der Waals surface area contributed by atoms with Crippen molar-refractivity contribution in [1.82, 2.24) is 9.21 Å². The van der Waals surface area contributed by atoms with Gasteiger partial charge in [-0.25, -0.2) is 8.42 Å². The summed E-state index contributed by atoms with van der Waals surface area (Å²) < 4.78 is 67.0. The Hall–Kier alpha value is -1.65. The predicted octanol–water partition coefficient (Wildman–Crippen LogP) is 5.28. The van der Waals surface area contributed by atoms with Crippen molar-refractivity contribution in [2.75, 3.05) is 19.6 Å². The van der Waals surface area contributed by atoms with Gasteiger partial charge in [-0.3, -0.25) is 4.79 Å². The highest BCUT2D eigenvalue weighted by Crippen LogP contribution is 2.43. The average Bonchev–Trinajstić information content (AvgIpc) is 3.43. The second-order valence-electron chi connectivity index (χ2n) is 12.8. The zero-order valence-corrected chi connectivity index (χ0v) is 23.5. The van der Waals surface area contributed by atoms with Crippen LogP contribution in [0.1, 0.15) is 77.7 Å². The molecule has 2 N–H and O–H groups in total. The maximum absolute atomic E-state index is 13.8. The zero-order valence-electron chi connectivity index (χ0n) is 22.7. The number of hydrogen-bond donors (Lipinski definition) is 1. The van der Waals surface area contributed by atoms with E-state index >= 15 is 0 Å². The summed E-state index contributed by atoms with van der Waals surface area (Å²) in [6, 6.07) is 3.02. The minimum atomic E-state index is -4.53. The number of nitrogens with two attached hydrogens (primary N) is 1. The quantitative estimate of drug-likeness (QED) is 0.495. The van der Waals surface area contributed by atoms with Gasteiger partial charge in [0, 0.05) is 25.7 Å². The van der Waals surface area contributed by atoms with E-state index in [1.807, 2.05) is 4.90 Å². The molecular formula is C28H42F3N3O3S. The summed E-state index contributed by atoms with van der Waals surface area (Å²) in [4.78, 5) is 15.6. The first kappa shape index (κ1) is 29.3. The normalized spacial score (nSPS) is 26.3. The maximum atomic E-state index is 13.8. The van der Waals surface area contributed by atoms with Crippen LogP contribution in [-0.2, 0) is 21.0 Å². The van der Waals surface area contributed by atoms with Crippen LogP contribution in [0.2, 0.25) is 0 Å². The fraction of sp³-hybridized carbons (Fsp3) is 0.750. The minimum Gasteiger partial charge on any atom is -0.338 e. The molecule has 1 aromatic rings. The number of rotatable bonds is 7. The van der Waals surface area contributed by atoms with Crippen LogP contribution in [0.4, 0.5) is 13.2 Å². The molecule has 0 unspecified atom stereocenters. The van der Waals surface area contributed by atoms with Crippen LogP contribution in [0.3, 0.4) is 0 Å². The van der Waals surface area contributed by atoms with Gasteiger partial charge in [0.2, 0.25) is 15.9 Å². The summed E-state index contributed by atoms with van der Waals surface area (Å²) in [7, 11) is -3.94. The van der Waals surface area contributed by atoms with E-state index in [2.05, 4.69) is 20.8 Å². The molecule has 1 aliphatic heterocycles. The van der Waals surface area contributed by atoms with Gasteiger partial charge in [-0.1, -0.05) is 40.0 Å². The van der Waals surface area contributed by atoms with Gasteiger partial charge in [0.05, 0.1) is 16.5 Å². The van der Waals surface area contributed by atoms with E-state index in [0.29, 0.717) is 25.4 Å². The Morgan fingerprint density at radius 2 is 1.66 bits per heavy atom. The molecule has 3 aliphatic rings. The summed E-state index contributed by atoms with van der Waals surface area (Å²) >= 11 is 0. The average molecular weight is 558 g/mol. The molecule has 4 rings (SSSR count). The number of fused-ring (bicyclic) bond motifs is 1. The first-order chi connectivity index (χ1) is 17.7. The van der Waals surface area contributed by atoms with Crippen molar-refractivity contribution >= 4 is 15.9 Å². The third-order valence-corrected chi connectivity index (χ3v) is 10.5. The molecule has 3 fully saturated rings. The van der Waals surface area contributed by atoms with Crippen LogP contribution in [0.15, 0.2) is 29.2 Å². The molecule has 214 valence electrons. The summed E-state index contributed by atoms with van der Waals surface area (Å²) in [6.07, 6.45) is 3.42. The van der Waals surface area contributed by atoms with Gasteiger partial charge in [0.15, 0.2) is 0 Å². The van der Waals surface area contributed by atoms with Gasteiger partial charge >= 0.3 is 6.18 Å². The van der Waals surface area contributed by atoms with Crippen LogP contribution in [0, 0.1) is 23.2 Å². The van der Waals surface area contributed by atoms with Crippen molar-refractivity contribution in [2.24, 2.45) is 28.9 Å². The molecule has 1 heterocycles. The number of amides is 1. The van der Waals surface area contributed by atoms with Crippen LogP contribution < -0.4 is 5.73 Å². The maximum Gasteiger partial charge on any atom is 0.416 e. The Labute approximate surface area is 225 Å². The number of benzene rings is 1. The highest BCUT2D eigenvalue weighted by atomic mass is 32.2. The number of carbonyl (C=O) groups is 1. The largest absolute Gasteiger partial charge is 0.416 e. The van der Waals surface area contributed by atoms with E-state index in [9.17, 15) is 26.4 Å². The van der Waals surface area contributed by atoms with Gasteiger partial charge in [-0.05, 0) is 79.5 Å². The van der Waals surface area contributed by atoms with Gasteiger partial charge in [-0.2, -0.15) is 17.5 Å². The second kappa shape index (κ2) is 11.1. The highest BCUT2D eigenvalue weighted by molar-refractivity contribution is 7.89. The Kier molecular flexibility index (Phi) is 8.56. The lowest BCUT2D eigenvalue weighted by Gasteiger charge is -2.39. The lowest BCUT2D eigenvalue weighted by Crippen LogP contribution is -2.53.